The maximum atomic E-state index is 8.88. The first kappa shape index (κ1) is 13.8. The summed E-state index contributed by atoms with van der Waals surface area (Å²) in [6.07, 6.45) is 4.13. The van der Waals surface area contributed by atoms with Crippen LogP contribution in [0, 0.1) is 0 Å². The minimum atomic E-state index is 0.100. The molecule has 0 saturated carbocycles. The van der Waals surface area contributed by atoms with Gasteiger partial charge in [0.25, 0.3) is 0 Å². The predicted octanol–water partition coefficient (Wildman–Crippen LogP) is 2.17. The second-order valence-corrected chi connectivity index (χ2v) is 4.91. The average molecular weight is 305 g/mol. The largest absolute Gasteiger partial charge is 0.419 e. The molecular weight excluding hydrogens is 292 g/mol. The summed E-state index contributed by atoms with van der Waals surface area (Å²) in [5.74, 6) is 0.835. The smallest absolute Gasteiger partial charge is 0.249 e. The van der Waals surface area contributed by atoms with Crippen LogP contribution in [-0.2, 0) is 13.0 Å². The van der Waals surface area contributed by atoms with Crippen molar-refractivity contribution < 1.29 is 9.52 Å². The molecule has 0 spiro atoms. The molecule has 1 N–H and O–H groups in total. The van der Waals surface area contributed by atoms with Gasteiger partial charge in [0, 0.05) is 12.8 Å². The van der Waals surface area contributed by atoms with E-state index in [0.717, 1.165) is 5.56 Å². The molecule has 108 valence electrons. The second kappa shape index (κ2) is 6.07. The van der Waals surface area contributed by atoms with Gasteiger partial charge in [-0.2, -0.15) is 5.10 Å². The molecule has 0 bridgehead atoms. The Balaban J connectivity index is 1.77. The minimum absolute atomic E-state index is 0.100. The third kappa shape index (κ3) is 3.12. The number of halogens is 1. The lowest BCUT2D eigenvalue weighted by molar-refractivity contribution is 0.299. The summed E-state index contributed by atoms with van der Waals surface area (Å²) in [5, 5.41) is 21.6. The molecule has 0 saturated heterocycles. The van der Waals surface area contributed by atoms with Crippen LogP contribution in [0.5, 0.6) is 0 Å². The first-order chi connectivity index (χ1) is 10.3. The van der Waals surface area contributed by atoms with Crippen molar-refractivity contribution in [2.45, 2.75) is 13.0 Å². The van der Waals surface area contributed by atoms with Gasteiger partial charge < -0.3 is 9.52 Å². The van der Waals surface area contributed by atoms with E-state index in [9.17, 15) is 0 Å². The van der Waals surface area contributed by atoms with E-state index in [1.807, 2.05) is 24.4 Å². The summed E-state index contributed by atoms with van der Waals surface area (Å²) in [6, 6.07) is 7.30. The van der Waals surface area contributed by atoms with Crippen molar-refractivity contribution in [1.29, 1.82) is 0 Å². The lowest BCUT2D eigenvalue weighted by Gasteiger charge is -1.97. The molecule has 2 aromatic heterocycles. The summed E-state index contributed by atoms with van der Waals surface area (Å²) in [4.78, 5) is 0. The van der Waals surface area contributed by atoms with Gasteiger partial charge in [0.2, 0.25) is 11.8 Å². The molecular formula is C14H13ClN4O2. The molecule has 0 aliphatic carbocycles. The Morgan fingerprint density at radius 3 is 2.90 bits per heavy atom. The van der Waals surface area contributed by atoms with Crippen molar-refractivity contribution in [3.63, 3.8) is 0 Å². The Hall–Kier alpha value is -2.18. The Bertz CT molecular complexity index is 738. The molecule has 1 aromatic carbocycles. The molecule has 3 aromatic rings. The van der Waals surface area contributed by atoms with Crippen LogP contribution in [0.15, 0.2) is 41.1 Å². The molecule has 21 heavy (non-hydrogen) atoms. The summed E-state index contributed by atoms with van der Waals surface area (Å²) in [6.45, 7) is 0.478. The number of hydrogen-bond acceptors (Lipinski definition) is 5. The topological polar surface area (TPSA) is 77.0 Å². The summed E-state index contributed by atoms with van der Waals surface area (Å²) >= 11 is 6.10. The van der Waals surface area contributed by atoms with Crippen molar-refractivity contribution in [1.82, 2.24) is 20.0 Å². The van der Waals surface area contributed by atoms with E-state index >= 15 is 0 Å². The third-order valence-electron chi connectivity index (χ3n) is 2.96. The monoisotopic (exact) mass is 304 g/mol. The fourth-order valence-electron chi connectivity index (χ4n) is 1.95. The highest BCUT2D eigenvalue weighted by molar-refractivity contribution is 6.33. The number of aromatic nitrogens is 4. The maximum Gasteiger partial charge on any atom is 0.249 e. The van der Waals surface area contributed by atoms with E-state index in [0.29, 0.717) is 35.3 Å². The van der Waals surface area contributed by atoms with Crippen molar-refractivity contribution >= 4 is 11.6 Å². The Labute approximate surface area is 126 Å². The molecule has 3 rings (SSSR count). The number of nitrogens with zero attached hydrogens (tertiary/aromatic N) is 4. The number of aliphatic hydroxyl groups is 1. The lowest BCUT2D eigenvalue weighted by atomic mass is 10.2. The van der Waals surface area contributed by atoms with Crippen LogP contribution in [0.3, 0.4) is 0 Å². The van der Waals surface area contributed by atoms with Crippen molar-refractivity contribution in [2.24, 2.45) is 0 Å². The number of aliphatic hydroxyl groups excluding tert-OH is 1. The molecule has 0 fully saturated rings. The zero-order valence-electron chi connectivity index (χ0n) is 11.1. The van der Waals surface area contributed by atoms with E-state index < -0.39 is 0 Å². The fourth-order valence-corrected chi connectivity index (χ4v) is 2.17. The zero-order valence-corrected chi connectivity index (χ0v) is 11.9. The van der Waals surface area contributed by atoms with Crippen LogP contribution in [0.2, 0.25) is 5.02 Å². The minimum Gasteiger partial charge on any atom is -0.419 e. The molecule has 0 unspecified atom stereocenters. The molecule has 2 heterocycles. The maximum absolute atomic E-state index is 8.88. The van der Waals surface area contributed by atoms with Crippen LogP contribution < -0.4 is 0 Å². The molecule has 7 heteroatoms. The van der Waals surface area contributed by atoms with E-state index in [1.165, 1.54) is 0 Å². The SMILES string of the molecule is OCCc1cnn(Cc2nnc(-c3ccccc3Cl)o2)c1. The highest BCUT2D eigenvalue weighted by Gasteiger charge is 2.12. The van der Waals surface area contributed by atoms with Crippen LogP contribution in [0.4, 0.5) is 0 Å². The number of hydrogen-bond donors (Lipinski definition) is 1. The molecule has 0 radical (unpaired) electrons. The Morgan fingerprint density at radius 2 is 2.10 bits per heavy atom. The molecule has 6 nitrogen and oxygen atoms in total. The predicted molar refractivity (Wildman–Crippen MR) is 76.9 cm³/mol. The standard InChI is InChI=1S/C14H13ClN4O2/c15-12-4-2-1-3-11(12)14-18-17-13(21-14)9-19-8-10(5-6-20)7-16-19/h1-4,7-8,20H,5-6,9H2. The van der Waals surface area contributed by atoms with Gasteiger partial charge in [-0.3, -0.25) is 4.68 Å². The summed E-state index contributed by atoms with van der Waals surface area (Å²) in [5.41, 5.74) is 1.67. The number of rotatable bonds is 5. The van der Waals surface area contributed by atoms with Gasteiger partial charge in [0.05, 0.1) is 16.8 Å². The third-order valence-corrected chi connectivity index (χ3v) is 3.29. The van der Waals surface area contributed by atoms with Gasteiger partial charge in [-0.25, -0.2) is 0 Å². The summed E-state index contributed by atoms with van der Waals surface area (Å²) in [7, 11) is 0. The lowest BCUT2D eigenvalue weighted by Crippen LogP contribution is -2.00. The van der Waals surface area contributed by atoms with Crippen molar-refractivity contribution in [3.8, 4) is 11.5 Å². The van der Waals surface area contributed by atoms with E-state index in [1.54, 1.807) is 16.9 Å². The molecule has 0 atom stereocenters. The van der Waals surface area contributed by atoms with Gasteiger partial charge in [0.1, 0.15) is 6.54 Å². The molecule has 0 aliphatic heterocycles. The van der Waals surface area contributed by atoms with Gasteiger partial charge in [-0.05, 0) is 24.1 Å². The normalized spacial score (nSPS) is 11.0. The first-order valence-electron chi connectivity index (χ1n) is 6.46. The summed E-state index contributed by atoms with van der Waals surface area (Å²) < 4.78 is 7.30. The highest BCUT2D eigenvalue weighted by atomic mass is 35.5. The number of benzene rings is 1. The van der Waals surface area contributed by atoms with Gasteiger partial charge >= 0.3 is 0 Å². The Kier molecular flexibility index (Phi) is 3.98. The first-order valence-corrected chi connectivity index (χ1v) is 6.83. The van der Waals surface area contributed by atoms with E-state index in [-0.39, 0.29) is 6.61 Å². The van der Waals surface area contributed by atoms with Gasteiger partial charge in [-0.1, -0.05) is 23.7 Å². The van der Waals surface area contributed by atoms with E-state index in [2.05, 4.69) is 15.3 Å². The van der Waals surface area contributed by atoms with Crippen molar-refractivity contribution in [2.75, 3.05) is 6.61 Å². The second-order valence-electron chi connectivity index (χ2n) is 4.50. The van der Waals surface area contributed by atoms with Crippen LogP contribution >= 0.6 is 11.6 Å². The Morgan fingerprint density at radius 1 is 1.24 bits per heavy atom. The van der Waals surface area contributed by atoms with Crippen LogP contribution in [0.25, 0.3) is 11.5 Å². The van der Waals surface area contributed by atoms with E-state index in [4.69, 9.17) is 21.1 Å². The van der Waals surface area contributed by atoms with Crippen LogP contribution in [0.1, 0.15) is 11.5 Å². The fraction of sp³-hybridized carbons (Fsp3) is 0.214. The van der Waals surface area contributed by atoms with Crippen molar-refractivity contribution in [3.05, 3.63) is 53.1 Å². The zero-order chi connectivity index (χ0) is 14.7. The quantitative estimate of drug-likeness (QED) is 0.781. The average Bonchev–Trinajstić information content (AvgIpc) is 3.10. The van der Waals surface area contributed by atoms with Crippen LogP contribution in [-0.4, -0.2) is 31.7 Å². The van der Waals surface area contributed by atoms with Gasteiger partial charge in [0.15, 0.2) is 0 Å². The molecule has 0 amide bonds. The highest BCUT2D eigenvalue weighted by Crippen LogP contribution is 2.26. The van der Waals surface area contributed by atoms with Gasteiger partial charge in [-0.15, -0.1) is 10.2 Å². The molecule has 0 aliphatic rings.